The van der Waals surface area contributed by atoms with Gasteiger partial charge in [-0.3, -0.25) is 14.9 Å². The number of nitro benzene ring substituents is 1. The largest absolute Gasteiger partial charge is 0.496 e. The molecule has 0 fully saturated rings. The Balaban J connectivity index is 2.04. The molecule has 0 spiro atoms. The molecule has 148 valence electrons. The third kappa shape index (κ3) is 5.48. The molecule has 28 heavy (non-hydrogen) atoms. The van der Waals surface area contributed by atoms with Crippen molar-refractivity contribution < 1.29 is 23.9 Å². The van der Waals surface area contributed by atoms with Crippen molar-refractivity contribution in [3.05, 3.63) is 56.1 Å². The number of amides is 1. The first-order chi connectivity index (χ1) is 13.3. The molecular formula is C17H15Cl2N3O6. The highest BCUT2D eigenvalue weighted by Crippen LogP contribution is 2.33. The fourth-order valence-electron chi connectivity index (χ4n) is 2.09. The van der Waals surface area contributed by atoms with Crippen LogP contribution in [0.1, 0.15) is 5.56 Å². The fraction of sp³-hybridized carbons (Fsp3) is 0.176. The van der Waals surface area contributed by atoms with E-state index >= 15 is 0 Å². The van der Waals surface area contributed by atoms with Crippen LogP contribution in [0.15, 0.2) is 35.4 Å². The molecule has 0 aliphatic heterocycles. The first-order valence-corrected chi connectivity index (χ1v) is 8.41. The zero-order valence-corrected chi connectivity index (χ0v) is 16.3. The van der Waals surface area contributed by atoms with Crippen LogP contribution in [0.5, 0.6) is 17.2 Å². The van der Waals surface area contributed by atoms with Gasteiger partial charge >= 0.3 is 5.69 Å². The number of hydrazone groups is 1. The number of nitrogens with zero attached hydrogens (tertiary/aromatic N) is 2. The Morgan fingerprint density at radius 3 is 2.50 bits per heavy atom. The summed E-state index contributed by atoms with van der Waals surface area (Å²) in [6.45, 7) is -0.349. The van der Waals surface area contributed by atoms with E-state index in [0.29, 0.717) is 5.02 Å². The van der Waals surface area contributed by atoms with Gasteiger partial charge < -0.3 is 14.2 Å². The molecule has 0 saturated carbocycles. The quantitative estimate of drug-likeness (QED) is 0.392. The smallest absolute Gasteiger partial charge is 0.311 e. The van der Waals surface area contributed by atoms with Crippen LogP contribution in [-0.2, 0) is 4.79 Å². The highest BCUT2D eigenvalue weighted by molar-refractivity contribution is 6.35. The number of carbonyl (C=O) groups excluding carboxylic acids is 1. The Kier molecular flexibility index (Phi) is 7.42. The summed E-state index contributed by atoms with van der Waals surface area (Å²) >= 11 is 11.7. The van der Waals surface area contributed by atoms with Crippen LogP contribution < -0.4 is 19.6 Å². The lowest BCUT2D eigenvalue weighted by atomic mass is 10.1. The minimum absolute atomic E-state index is 0.0382. The van der Waals surface area contributed by atoms with Crippen molar-refractivity contribution in [2.45, 2.75) is 0 Å². The van der Waals surface area contributed by atoms with Crippen LogP contribution in [0.25, 0.3) is 0 Å². The third-order valence-electron chi connectivity index (χ3n) is 3.37. The highest BCUT2D eigenvalue weighted by atomic mass is 35.5. The van der Waals surface area contributed by atoms with E-state index in [1.807, 2.05) is 0 Å². The Morgan fingerprint density at radius 1 is 1.18 bits per heavy atom. The van der Waals surface area contributed by atoms with Crippen molar-refractivity contribution in [1.29, 1.82) is 0 Å². The summed E-state index contributed by atoms with van der Waals surface area (Å²) in [5.74, 6) is 0.0443. The number of nitrogens with one attached hydrogen (secondary N) is 1. The van der Waals surface area contributed by atoms with Crippen LogP contribution in [0.2, 0.25) is 10.0 Å². The zero-order chi connectivity index (χ0) is 20.7. The molecule has 1 amide bonds. The highest BCUT2D eigenvalue weighted by Gasteiger charge is 2.19. The summed E-state index contributed by atoms with van der Waals surface area (Å²) in [5.41, 5.74) is 2.25. The van der Waals surface area contributed by atoms with Crippen molar-refractivity contribution in [2.75, 3.05) is 20.8 Å². The van der Waals surface area contributed by atoms with Gasteiger partial charge in [-0.15, -0.1) is 0 Å². The van der Waals surface area contributed by atoms with Crippen molar-refractivity contribution in [3.63, 3.8) is 0 Å². The van der Waals surface area contributed by atoms with Crippen molar-refractivity contribution >= 4 is 41.0 Å². The van der Waals surface area contributed by atoms with E-state index in [2.05, 4.69) is 10.5 Å². The average Bonchev–Trinajstić information content (AvgIpc) is 2.66. The van der Waals surface area contributed by atoms with E-state index in [9.17, 15) is 14.9 Å². The fourth-order valence-corrected chi connectivity index (χ4v) is 2.55. The van der Waals surface area contributed by atoms with Gasteiger partial charge in [0.25, 0.3) is 5.91 Å². The van der Waals surface area contributed by atoms with Crippen LogP contribution in [-0.4, -0.2) is 37.9 Å². The molecule has 0 radical (unpaired) electrons. The van der Waals surface area contributed by atoms with Gasteiger partial charge in [0.15, 0.2) is 6.61 Å². The van der Waals surface area contributed by atoms with Crippen molar-refractivity contribution in [1.82, 2.24) is 5.43 Å². The number of benzene rings is 2. The number of methoxy groups -OCH3 is 2. The van der Waals surface area contributed by atoms with Gasteiger partial charge in [-0.2, -0.15) is 5.10 Å². The molecule has 0 aliphatic carbocycles. The molecule has 0 aliphatic rings. The van der Waals surface area contributed by atoms with Gasteiger partial charge in [0.1, 0.15) is 11.5 Å². The first kappa shape index (κ1) is 21.3. The molecule has 0 saturated heterocycles. The predicted octanol–water partition coefficient (Wildman–Crippen LogP) is 3.45. The Labute approximate surface area is 169 Å². The third-order valence-corrected chi connectivity index (χ3v) is 3.90. The summed E-state index contributed by atoms with van der Waals surface area (Å²) in [5, 5.41) is 15.6. The number of rotatable bonds is 8. The first-order valence-electron chi connectivity index (χ1n) is 7.66. The molecule has 0 aromatic heterocycles. The van der Waals surface area contributed by atoms with E-state index in [4.69, 9.17) is 37.4 Å². The SMILES string of the molecule is COc1cc(OC)c([N+](=O)[O-])cc1C=NNC(=O)COc1ccc(Cl)cc1Cl. The van der Waals surface area contributed by atoms with Crippen molar-refractivity contribution in [2.24, 2.45) is 5.10 Å². The molecule has 1 N–H and O–H groups in total. The monoisotopic (exact) mass is 427 g/mol. The summed E-state index contributed by atoms with van der Waals surface area (Å²) in [6.07, 6.45) is 1.21. The normalized spacial score (nSPS) is 10.6. The lowest BCUT2D eigenvalue weighted by Crippen LogP contribution is -2.24. The molecular weight excluding hydrogens is 413 g/mol. The lowest BCUT2D eigenvalue weighted by Gasteiger charge is -2.08. The predicted molar refractivity (Wildman–Crippen MR) is 104 cm³/mol. The summed E-state index contributed by atoms with van der Waals surface area (Å²) in [7, 11) is 2.70. The van der Waals surface area contributed by atoms with Gasteiger partial charge in [-0.05, 0) is 18.2 Å². The summed E-state index contributed by atoms with van der Waals surface area (Å²) < 4.78 is 15.4. The Hall–Kier alpha value is -3.04. The molecule has 0 bridgehead atoms. The number of ether oxygens (including phenoxy) is 3. The number of carbonyl (C=O) groups is 1. The van der Waals surface area contributed by atoms with Crippen LogP contribution in [0, 0.1) is 10.1 Å². The van der Waals surface area contributed by atoms with Gasteiger partial charge in [0.05, 0.1) is 30.4 Å². The molecule has 2 aromatic rings. The number of halogens is 2. The van der Waals surface area contributed by atoms with Crippen LogP contribution in [0.3, 0.4) is 0 Å². The molecule has 0 unspecified atom stereocenters. The van der Waals surface area contributed by atoms with Crippen molar-refractivity contribution in [3.8, 4) is 17.2 Å². The summed E-state index contributed by atoms with van der Waals surface area (Å²) in [6, 6.07) is 7.16. The molecule has 2 aromatic carbocycles. The Morgan fingerprint density at radius 2 is 1.89 bits per heavy atom. The standard InChI is InChI=1S/C17H15Cl2N3O6/c1-26-15-7-16(27-2)13(22(24)25)5-10(15)8-20-21-17(23)9-28-14-4-3-11(18)6-12(14)19/h3-8H,9H2,1-2H3,(H,21,23). The van der Waals surface area contributed by atoms with Gasteiger partial charge in [0.2, 0.25) is 5.75 Å². The maximum atomic E-state index is 11.8. The van der Waals surface area contributed by atoms with E-state index in [1.165, 1.54) is 44.7 Å². The molecule has 11 heteroatoms. The number of hydrogen-bond acceptors (Lipinski definition) is 7. The minimum Gasteiger partial charge on any atom is -0.496 e. The molecule has 2 rings (SSSR count). The average molecular weight is 428 g/mol. The number of nitro groups is 1. The van der Waals surface area contributed by atoms with Gasteiger partial charge in [-0.25, -0.2) is 5.43 Å². The molecule has 0 atom stereocenters. The van der Waals surface area contributed by atoms with E-state index in [-0.39, 0.29) is 40.1 Å². The van der Waals surface area contributed by atoms with E-state index in [0.717, 1.165) is 0 Å². The number of hydrogen-bond donors (Lipinski definition) is 1. The van der Waals surface area contributed by atoms with Crippen LogP contribution >= 0.6 is 23.2 Å². The van der Waals surface area contributed by atoms with Gasteiger partial charge in [-0.1, -0.05) is 23.2 Å². The minimum atomic E-state index is -0.599. The molecule has 9 nitrogen and oxygen atoms in total. The molecule has 0 heterocycles. The zero-order valence-electron chi connectivity index (χ0n) is 14.8. The van der Waals surface area contributed by atoms with E-state index < -0.39 is 10.8 Å². The summed E-state index contributed by atoms with van der Waals surface area (Å²) in [4.78, 5) is 22.4. The second-order valence-corrected chi connectivity index (χ2v) is 6.02. The topological polar surface area (TPSA) is 112 Å². The van der Waals surface area contributed by atoms with Gasteiger partial charge in [0, 0.05) is 22.7 Å². The lowest BCUT2D eigenvalue weighted by molar-refractivity contribution is -0.385. The maximum absolute atomic E-state index is 11.8. The van der Waals surface area contributed by atoms with Crippen LogP contribution in [0.4, 0.5) is 5.69 Å². The van der Waals surface area contributed by atoms with E-state index in [1.54, 1.807) is 6.07 Å². The Bertz CT molecular complexity index is 920. The second-order valence-electron chi connectivity index (χ2n) is 5.18. The second kappa shape index (κ2) is 9.77. The maximum Gasteiger partial charge on any atom is 0.311 e.